The van der Waals surface area contributed by atoms with Crippen molar-refractivity contribution >= 4 is 5.69 Å². The molecule has 0 radical (unpaired) electrons. The zero-order valence-corrected chi connectivity index (χ0v) is 9.57. The molecule has 0 aliphatic rings. The summed E-state index contributed by atoms with van der Waals surface area (Å²) in [6, 6.07) is 3.17. The van der Waals surface area contributed by atoms with Crippen molar-refractivity contribution in [3.8, 4) is 0 Å². The third-order valence-electron chi connectivity index (χ3n) is 2.43. The fourth-order valence-electron chi connectivity index (χ4n) is 1.70. The van der Waals surface area contributed by atoms with E-state index < -0.39 is 12.5 Å². The first-order valence-corrected chi connectivity index (χ1v) is 5.04. The van der Waals surface area contributed by atoms with Gasteiger partial charge in [0.25, 0.3) is 6.43 Å². The van der Waals surface area contributed by atoms with Crippen molar-refractivity contribution in [1.29, 1.82) is 0 Å². The van der Waals surface area contributed by atoms with Gasteiger partial charge in [-0.15, -0.1) is 0 Å². The number of halogens is 2. The predicted octanol–water partition coefficient (Wildman–Crippen LogP) is 3.68. The van der Waals surface area contributed by atoms with Crippen LogP contribution in [0.15, 0.2) is 12.1 Å². The van der Waals surface area contributed by atoms with Crippen LogP contribution in [0.2, 0.25) is 0 Å². The molecule has 0 spiro atoms. The van der Waals surface area contributed by atoms with Crippen molar-refractivity contribution in [1.82, 2.24) is 0 Å². The largest absolute Gasteiger partial charge is 0.376 e. The zero-order valence-electron chi connectivity index (χ0n) is 9.57. The van der Waals surface area contributed by atoms with Gasteiger partial charge in [-0.05, 0) is 38.8 Å². The summed E-state index contributed by atoms with van der Waals surface area (Å²) in [5.74, 6) is 0. The Morgan fingerprint density at radius 2 is 1.53 bits per heavy atom. The molecular formula is C12H17F2N. The van der Waals surface area contributed by atoms with Crippen molar-refractivity contribution in [2.75, 3.05) is 5.32 Å². The normalized spacial score (nSPS) is 13.0. The van der Waals surface area contributed by atoms with Gasteiger partial charge in [0.05, 0.1) is 6.04 Å². The van der Waals surface area contributed by atoms with Gasteiger partial charge in [-0.2, -0.15) is 0 Å². The Morgan fingerprint density at radius 3 is 1.93 bits per heavy atom. The second kappa shape index (κ2) is 4.60. The Morgan fingerprint density at radius 1 is 1.07 bits per heavy atom. The fraction of sp³-hybridized carbons (Fsp3) is 0.500. The number of aryl methyl sites for hydroxylation is 3. The van der Waals surface area contributed by atoms with Crippen molar-refractivity contribution < 1.29 is 8.78 Å². The summed E-state index contributed by atoms with van der Waals surface area (Å²) in [6.07, 6.45) is -2.34. The quantitative estimate of drug-likeness (QED) is 0.807. The number of anilines is 1. The maximum Gasteiger partial charge on any atom is 0.258 e. The smallest absolute Gasteiger partial charge is 0.258 e. The molecule has 3 heteroatoms. The van der Waals surface area contributed by atoms with Gasteiger partial charge in [-0.25, -0.2) is 8.78 Å². The number of alkyl halides is 2. The minimum absolute atomic E-state index is 0.815. The van der Waals surface area contributed by atoms with Crippen LogP contribution in [0.1, 0.15) is 23.6 Å². The van der Waals surface area contributed by atoms with E-state index in [4.69, 9.17) is 0 Å². The van der Waals surface area contributed by atoms with Crippen molar-refractivity contribution in [2.45, 2.75) is 40.2 Å². The lowest BCUT2D eigenvalue weighted by atomic mass is 10.0. The molecule has 0 bridgehead atoms. The summed E-state index contributed by atoms with van der Waals surface area (Å²) in [6.45, 7) is 7.35. The van der Waals surface area contributed by atoms with Gasteiger partial charge in [0, 0.05) is 5.69 Å². The first-order chi connectivity index (χ1) is 6.91. The van der Waals surface area contributed by atoms with Gasteiger partial charge in [0.15, 0.2) is 0 Å². The van der Waals surface area contributed by atoms with Crippen LogP contribution in [-0.2, 0) is 0 Å². The number of hydrogen-bond donors (Lipinski definition) is 1. The lowest BCUT2D eigenvalue weighted by Crippen LogP contribution is -2.24. The maximum absolute atomic E-state index is 12.4. The number of hydrogen-bond acceptors (Lipinski definition) is 1. The lowest BCUT2D eigenvalue weighted by Gasteiger charge is -2.18. The molecule has 0 amide bonds. The van der Waals surface area contributed by atoms with Crippen LogP contribution in [0.3, 0.4) is 0 Å². The summed E-state index contributed by atoms with van der Waals surface area (Å²) in [4.78, 5) is 0. The highest BCUT2D eigenvalue weighted by Crippen LogP contribution is 2.23. The average Bonchev–Trinajstić information content (AvgIpc) is 2.10. The van der Waals surface area contributed by atoms with E-state index in [-0.39, 0.29) is 0 Å². The molecule has 1 unspecified atom stereocenters. The van der Waals surface area contributed by atoms with Crippen molar-refractivity contribution in [3.05, 3.63) is 28.8 Å². The lowest BCUT2D eigenvalue weighted by molar-refractivity contribution is 0.130. The molecule has 1 aromatic carbocycles. The highest BCUT2D eigenvalue weighted by atomic mass is 19.3. The molecule has 0 fully saturated rings. The van der Waals surface area contributed by atoms with E-state index in [0.717, 1.165) is 22.4 Å². The second-order valence-electron chi connectivity index (χ2n) is 4.04. The molecule has 1 N–H and O–H groups in total. The highest BCUT2D eigenvalue weighted by molar-refractivity contribution is 5.58. The van der Waals surface area contributed by atoms with Crippen molar-refractivity contribution in [2.24, 2.45) is 0 Å². The Balaban J connectivity index is 2.95. The van der Waals surface area contributed by atoms with Crippen LogP contribution in [0.25, 0.3) is 0 Å². The molecule has 1 aromatic rings. The maximum atomic E-state index is 12.4. The highest BCUT2D eigenvalue weighted by Gasteiger charge is 2.15. The van der Waals surface area contributed by atoms with E-state index >= 15 is 0 Å². The zero-order chi connectivity index (χ0) is 11.6. The van der Waals surface area contributed by atoms with E-state index in [1.54, 1.807) is 0 Å². The third kappa shape index (κ3) is 2.91. The van der Waals surface area contributed by atoms with Crippen LogP contribution < -0.4 is 5.32 Å². The van der Waals surface area contributed by atoms with Gasteiger partial charge in [-0.1, -0.05) is 17.7 Å². The Labute approximate surface area is 89.5 Å². The molecule has 1 nitrogen and oxygen atoms in total. The van der Waals surface area contributed by atoms with Crippen LogP contribution in [0.4, 0.5) is 14.5 Å². The first kappa shape index (κ1) is 12.0. The SMILES string of the molecule is Cc1cc(C)c(NC(C)C(F)F)c(C)c1. The Bertz CT molecular complexity index is 324. The summed E-state index contributed by atoms with van der Waals surface area (Å²) < 4.78 is 24.8. The molecule has 0 aliphatic heterocycles. The van der Waals surface area contributed by atoms with Crippen molar-refractivity contribution in [3.63, 3.8) is 0 Å². The first-order valence-electron chi connectivity index (χ1n) is 5.04. The van der Waals surface area contributed by atoms with Gasteiger partial charge in [-0.3, -0.25) is 0 Å². The molecule has 0 aromatic heterocycles. The fourth-order valence-corrected chi connectivity index (χ4v) is 1.70. The topological polar surface area (TPSA) is 12.0 Å². The number of nitrogens with one attached hydrogen (secondary N) is 1. The summed E-state index contributed by atoms with van der Waals surface area (Å²) in [5, 5.41) is 2.86. The number of rotatable bonds is 3. The van der Waals surface area contributed by atoms with E-state index in [2.05, 4.69) is 5.32 Å². The van der Waals surface area contributed by atoms with Crippen LogP contribution >= 0.6 is 0 Å². The van der Waals surface area contributed by atoms with E-state index in [9.17, 15) is 8.78 Å². The van der Waals surface area contributed by atoms with Gasteiger partial charge < -0.3 is 5.32 Å². The monoisotopic (exact) mass is 213 g/mol. The molecule has 0 heterocycles. The standard InChI is InChI=1S/C12H17F2N/c1-7-5-8(2)11(9(3)6-7)15-10(4)12(13)14/h5-6,10,12,15H,1-4H3. The van der Waals surface area contributed by atoms with Gasteiger partial charge in [0.2, 0.25) is 0 Å². The molecule has 1 rings (SSSR count). The molecule has 0 saturated heterocycles. The minimum atomic E-state index is -2.34. The Hall–Kier alpha value is -1.12. The molecule has 84 valence electrons. The Kier molecular flexibility index (Phi) is 3.66. The minimum Gasteiger partial charge on any atom is -0.376 e. The van der Waals surface area contributed by atoms with E-state index in [0.29, 0.717) is 0 Å². The van der Waals surface area contributed by atoms with Crippen LogP contribution in [0.5, 0.6) is 0 Å². The van der Waals surface area contributed by atoms with E-state index in [1.165, 1.54) is 6.92 Å². The van der Waals surface area contributed by atoms with Crippen LogP contribution in [-0.4, -0.2) is 12.5 Å². The summed E-state index contributed by atoms with van der Waals surface area (Å²) in [5.41, 5.74) is 4.01. The molecule has 0 aliphatic carbocycles. The summed E-state index contributed by atoms with van der Waals surface area (Å²) >= 11 is 0. The molecular weight excluding hydrogens is 196 g/mol. The third-order valence-corrected chi connectivity index (χ3v) is 2.43. The predicted molar refractivity (Wildman–Crippen MR) is 59.7 cm³/mol. The number of benzene rings is 1. The van der Waals surface area contributed by atoms with Gasteiger partial charge in [0.1, 0.15) is 0 Å². The molecule has 15 heavy (non-hydrogen) atoms. The molecule has 0 saturated carbocycles. The molecule has 1 atom stereocenters. The average molecular weight is 213 g/mol. The van der Waals surface area contributed by atoms with Crippen LogP contribution in [0, 0.1) is 20.8 Å². The summed E-state index contributed by atoms with van der Waals surface area (Å²) in [7, 11) is 0. The van der Waals surface area contributed by atoms with E-state index in [1.807, 2.05) is 32.9 Å². The van der Waals surface area contributed by atoms with Gasteiger partial charge >= 0.3 is 0 Å². The second-order valence-corrected chi connectivity index (χ2v) is 4.04.